The van der Waals surface area contributed by atoms with Crippen molar-refractivity contribution in [1.29, 1.82) is 0 Å². The molecule has 0 N–H and O–H groups in total. The molecule has 0 spiro atoms. The molecule has 5 heterocycles. The van der Waals surface area contributed by atoms with Crippen LogP contribution in [-0.2, 0) is 4.79 Å². The lowest BCUT2D eigenvalue weighted by Crippen LogP contribution is -2.27. The quantitative estimate of drug-likeness (QED) is 0.741. The van der Waals surface area contributed by atoms with E-state index in [0.717, 1.165) is 42.0 Å². The van der Waals surface area contributed by atoms with E-state index >= 15 is 0 Å². The number of hydrogen-bond acceptors (Lipinski definition) is 3. The molecule has 2 aromatic rings. The number of fused-ring (bicyclic) bond motifs is 2. The summed E-state index contributed by atoms with van der Waals surface area (Å²) in [4.78, 5) is 21.2. The summed E-state index contributed by atoms with van der Waals surface area (Å²) in [5, 5.41) is 0. The molecule has 0 fully saturated rings. The SMILES string of the molecule is Cc1cn2cc(C3=CN4C(=O)\C=C(C5=CCN(C)CC5)/C=C/C=C/4C=C3)cc(F)c2n1. The number of carbonyl (C=O) groups is 1. The van der Waals surface area contributed by atoms with E-state index in [4.69, 9.17) is 0 Å². The number of pyridine rings is 1. The van der Waals surface area contributed by atoms with Gasteiger partial charge in [0.15, 0.2) is 11.5 Å². The van der Waals surface area contributed by atoms with Crippen LogP contribution in [0.4, 0.5) is 4.39 Å². The summed E-state index contributed by atoms with van der Waals surface area (Å²) in [7, 11) is 2.09. The molecule has 0 saturated carbocycles. The van der Waals surface area contributed by atoms with Gasteiger partial charge in [0.05, 0.1) is 5.69 Å². The summed E-state index contributed by atoms with van der Waals surface area (Å²) in [5.74, 6) is -0.508. The fourth-order valence-electron chi connectivity index (χ4n) is 4.08. The van der Waals surface area contributed by atoms with Crippen molar-refractivity contribution in [1.82, 2.24) is 19.2 Å². The third kappa shape index (κ3) is 3.70. The van der Waals surface area contributed by atoms with Crippen LogP contribution in [0.15, 0.2) is 84.0 Å². The highest BCUT2D eigenvalue weighted by molar-refractivity contribution is 5.95. The van der Waals surface area contributed by atoms with E-state index in [0.29, 0.717) is 11.2 Å². The minimum absolute atomic E-state index is 0.118. The number of aromatic nitrogens is 2. The van der Waals surface area contributed by atoms with Crippen molar-refractivity contribution in [3.8, 4) is 0 Å². The Bertz CT molecular complexity index is 1270. The number of imidazole rings is 1. The van der Waals surface area contributed by atoms with Crippen LogP contribution in [0.25, 0.3) is 11.2 Å². The lowest BCUT2D eigenvalue weighted by atomic mass is 9.97. The molecular weight excluding hydrogens is 391 g/mol. The van der Waals surface area contributed by atoms with E-state index in [2.05, 4.69) is 23.0 Å². The topological polar surface area (TPSA) is 40.9 Å². The van der Waals surface area contributed by atoms with Gasteiger partial charge >= 0.3 is 0 Å². The molecule has 6 heteroatoms. The lowest BCUT2D eigenvalue weighted by Gasteiger charge is -2.26. The van der Waals surface area contributed by atoms with E-state index < -0.39 is 0 Å². The second kappa shape index (κ2) is 7.63. The Hall–Kier alpha value is -3.51. The molecule has 3 aliphatic heterocycles. The predicted octanol–water partition coefficient (Wildman–Crippen LogP) is 4.16. The van der Waals surface area contributed by atoms with Gasteiger partial charge in [0, 0.05) is 54.6 Å². The lowest BCUT2D eigenvalue weighted by molar-refractivity contribution is -0.122. The average Bonchev–Trinajstić information content (AvgIpc) is 3.13. The van der Waals surface area contributed by atoms with Crippen LogP contribution in [0.5, 0.6) is 0 Å². The van der Waals surface area contributed by atoms with Crippen LogP contribution >= 0.6 is 0 Å². The standard InChI is InChI=1S/C25H23FN4O/c1-17-14-29-15-21(12-23(26)25(29)27-17)20-6-7-22-5-3-4-19(13-24(31)30(22)16-20)18-8-10-28(2)11-9-18/h3-8,12-16H,9-11H2,1-2H3/b4-3+,19-13+,22-5+. The molecule has 3 aliphatic rings. The summed E-state index contributed by atoms with van der Waals surface area (Å²) in [6.07, 6.45) is 19.9. The molecule has 156 valence electrons. The van der Waals surface area contributed by atoms with Crippen molar-refractivity contribution in [3.05, 3.63) is 101 Å². The highest BCUT2D eigenvalue weighted by atomic mass is 19.1. The Labute approximate surface area is 180 Å². The van der Waals surface area contributed by atoms with Crippen molar-refractivity contribution >= 4 is 17.1 Å². The molecule has 0 aliphatic carbocycles. The van der Waals surface area contributed by atoms with Gasteiger partial charge in [-0.25, -0.2) is 9.37 Å². The third-order valence-electron chi connectivity index (χ3n) is 5.78. The second-order valence-electron chi connectivity index (χ2n) is 8.11. The summed E-state index contributed by atoms with van der Waals surface area (Å²) in [6, 6.07) is 1.46. The zero-order chi connectivity index (χ0) is 21.5. The van der Waals surface area contributed by atoms with E-state index in [1.807, 2.05) is 43.5 Å². The molecule has 1 amide bonds. The van der Waals surface area contributed by atoms with Gasteiger partial charge in [-0.3, -0.25) is 9.69 Å². The Kier molecular flexibility index (Phi) is 4.79. The number of halogens is 1. The highest BCUT2D eigenvalue weighted by Crippen LogP contribution is 2.29. The maximum absolute atomic E-state index is 14.6. The molecular formula is C25H23FN4O. The average molecular weight is 414 g/mol. The highest BCUT2D eigenvalue weighted by Gasteiger charge is 2.21. The number of allylic oxidation sites excluding steroid dienone is 7. The minimum Gasteiger partial charge on any atom is -0.304 e. The van der Waals surface area contributed by atoms with Crippen molar-refractivity contribution in [2.45, 2.75) is 13.3 Å². The van der Waals surface area contributed by atoms with Gasteiger partial charge in [0.1, 0.15) is 0 Å². The molecule has 0 radical (unpaired) electrons. The second-order valence-corrected chi connectivity index (χ2v) is 8.11. The predicted molar refractivity (Wildman–Crippen MR) is 119 cm³/mol. The summed E-state index contributed by atoms with van der Waals surface area (Å²) < 4.78 is 16.3. The Balaban J connectivity index is 1.51. The number of likely N-dealkylation sites (N-methyl/N-ethyl adjacent to an activating group) is 1. The van der Waals surface area contributed by atoms with E-state index in [1.54, 1.807) is 27.8 Å². The van der Waals surface area contributed by atoms with Gasteiger partial charge in [0.25, 0.3) is 5.91 Å². The maximum atomic E-state index is 14.6. The number of hydrogen-bond donors (Lipinski definition) is 0. The van der Waals surface area contributed by atoms with E-state index in [1.165, 1.54) is 11.6 Å². The maximum Gasteiger partial charge on any atom is 0.255 e. The van der Waals surface area contributed by atoms with Crippen molar-refractivity contribution in [2.75, 3.05) is 20.1 Å². The third-order valence-corrected chi connectivity index (χ3v) is 5.78. The van der Waals surface area contributed by atoms with Gasteiger partial charge < -0.3 is 9.30 Å². The molecule has 0 atom stereocenters. The van der Waals surface area contributed by atoms with Crippen molar-refractivity contribution in [3.63, 3.8) is 0 Å². The van der Waals surface area contributed by atoms with Crippen LogP contribution in [0.1, 0.15) is 17.7 Å². The minimum atomic E-state index is -0.389. The fraction of sp³-hybridized carbons (Fsp3) is 0.200. The normalized spacial score (nSPS) is 23.8. The van der Waals surface area contributed by atoms with Gasteiger partial charge in [0.2, 0.25) is 0 Å². The van der Waals surface area contributed by atoms with Crippen molar-refractivity contribution < 1.29 is 9.18 Å². The summed E-state index contributed by atoms with van der Waals surface area (Å²) >= 11 is 0. The van der Waals surface area contributed by atoms with Gasteiger partial charge in [-0.1, -0.05) is 24.3 Å². The molecule has 0 saturated heterocycles. The zero-order valence-electron chi connectivity index (χ0n) is 17.5. The van der Waals surface area contributed by atoms with Crippen LogP contribution in [0.2, 0.25) is 0 Å². The smallest absolute Gasteiger partial charge is 0.255 e. The van der Waals surface area contributed by atoms with Gasteiger partial charge in [-0.2, -0.15) is 0 Å². The Morgan fingerprint density at radius 3 is 2.81 bits per heavy atom. The molecule has 2 aromatic heterocycles. The first-order valence-corrected chi connectivity index (χ1v) is 10.3. The molecule has 0 unspecified atom stereocenters. The van der Waals surface area contributed by atoms with Gasteiger partial charge in [-0.15, -0.1) is 0 Å². The van der Waals surface area contributed by atoms with Crippen LogP contribution in [0.3, 0.4) is 0 Å². The monoisotopic (exact) mass is 414 g/mol. The number of carbonyl (C=O) groups excluding carboxylic acids is 1. The fourth-order valence-corrected chi connectivity index (χ4v) is 4.08. The first-order chi connectivity index (χ1) is 15.0. The zero-order valence-corrected chi connectivity index (χ0v) is 17.5. The van der Waals surface area contributed by atoms with E-state index in [9.17, 15) is 9.18 Å². The van der Waals surface area contributed by atoms with Crippen LogP contribution < -0.4 is 0 Å². The number of amides is 1. The Morgan fingerprint density at radius 2 is 2.00 bits per heavy atom. The number of rotatable bonds is 2. The first kappa shape index (κ1) is 19.5. The number of aryl methyl sites for hydroxylation is 1. The van der Waals surface area contributed by atoms with Crippen LogP contribution in [0, 0.1) is 12.7 Å². The summed E-state index contributed by atoms with van der Waals surface area (Å²) in [6.45, 7) is 3.69. The molecule has 5 nitrogen and oxygen atoms in total. The first-order valence-electron chi connectivity index (χ1n) is 10.3. The number of nitrogens with zero attached hydrogens (tertiary/aromatic N) is 4. The molecule has 0 bridgehead atoms. The molecule has 0 aromatic carbocycles. The molecule has 31 heavy (non-hydrogen) atoms. The van der Waals surface area contributed by atoms with Crippen LogP contribution in [-0.4, -0.2) is 45.2 Å². The largest absolute Gasteiger partial charge is 0.304 e. The van der Waals surface area contributed by atoms with Gasteiger partial charge in [-0.05, 0) is 49.8 Å². The van der Waals surface area contributed by atoms with Crippen molar-refractivity contribution in [2.24, 2.45) is 0 Å². The molecule has 5 rings (SSSR count). The van der Waals surface area contributed by atoms with E-state index in [-0.39, 0.29) is 11.7 Å². The Morgan fingerprint density at radius 1 is 1.13 bits per heavy atom. The summed E-state index contributed by atoms with van der Waals surface area (Å²) in [5.41, 5.74) is 5.41.